The third-order valence-corrected chi connectivity index (χ3v) is 3.63. The van der Waals surface area contributed by atoms with E-state index >= 15 is 0 Å². The van der Waals surface area contributed by atoms with E-state index in [2.05, 4.69) is 5.32 Å². The summed E-state index contributed by atoms with van der Waals surface area (Å²) in [5.41, 5.74) is 7.52. The van der Waals surface area contributed by atoms with Crippen LogP contribution in [0.2, 0.25) is 0 Å². The van der Waals surface area contributed by atoms with Gasteiger partial charge in [-0.3, -0.25) is 0 Å². The summed E-state index contributed by atoms with van der Waals surface area (Å²) in [5.74, 6) is 0.744. The van der Waals surface area contributed by atoms with Crippen LogP contribution in [0.4, 0.5) is 17.1 Å². The van der Waals surface area contributed by atoms with Crippen molar-refractivity contribution in [1.29, 1.82) is 0 Å². The molecule has 0 heterocycles. The van der Waals surface area contributed by atoms with Crippen LogP contribution in [-0.2, 0) is 10.0 Å². The van der Waals surface area contributed by atoms with E-state index in [1.165, 1.54) is 12.1 Å². The second-order valence-corrected chi connectivity index (χ2v) is 5.71. The van der Waals surface area contributed by atoms with Crippen LogP contribution in [-0.4, -0.2) is 15.5 Å². The third-order valence-electron chi connectivity index (χ3n) is 2.72. The van der Waals surface area contributed by atoms with E-state index in [9.17, 15) is 8.42 Å². The molecule has 0 atom stereocenters. The topological polar surface area (TPSA) is 107 Å². The molecule has 0 saturated heterocycles. The summed E-state index contributed by atoms with van der Waals surface area (Å²) in [5, 5.41) is 8.13. The first-order valence-electron chi connectivity index (χ1n) is 5.73. The van der Waals surface area contributed by atoms with E-state index in [0.29, 0.717) is 11.4 Å². The maximum Gasteiger partial charge on any atom is 0.238 e. The van der Waals surface area contributed by atoms with E-state index in [0.717, 1.165) is 11.4 Å². The normalized spacial score (nSPS) is 11.1. The number of rotatable bonds is 4. The molecule has 0 unspecified atom stereocenters. The third kappa shape index (κ3) is 3.19. The Morgan fingerprint density at radius 1 is 1.10 bits per heavy atom. The van der Waals surface area contributed by atoms with Gasteiger partial charge in [-0.15, -0.1) is 0 Å². The minimum absolute atomic E-state index is 0.0183. The molecular weight excluding hydrogens is 278 g/mol. The largest absolute Gasteiger partial charge is 0.497 e. The van der Waals surface area contributed by atoms with Crippen molar-refractivity contribution in [3.05, 3.63) is 42.5 Å². The van der Waals surface area contributed by atoms with Crippen molar-refractivity contribution in [3.8, 4) is 5.75 Å². The van der Waals surface area contributed by atoms with Gasteiger partial charge in [0.2, 0.25) is 10.0 Å². The minimum Gasteiger partial charge on any atom is -0.497 e. The van der Waals surface area contributed by atoms with E-state index in [4.69, 9.17) is 15.6 Å². The monoisotopic (exact) mass is 293 g/mol. The predicted molar refractivity (Wildman–Crippen MR) is 78.5 cm³/mol. The summed E-state index contributed by atoms with van der Waals surface area (Å²) in [6.45, 7) is 0. The average Bonchev–Trinajstić information content (AvgIpc) is 2.41. The Morgan fingerprint density at radius 3 is 2.25 bits per heavy atom. The smallest absolute Gasteiger partial charge is 0.238 e. The van der Waals surface area contributed by atoms with Crippen molar-refractivity contribution in [2.24, 2.45) is 5.14 Å². The van der Waals surface area contributed by atoms with Gasteiger partial charge in [0.25, 0.3) is 0 Å². The van der Waals surface area contributed by atoms with Crippen LogP contribution in [0.25, 0.3) is 0 Å². The Kier molecular flexibility index (Phi) is 3.82. The molecule has 0 aromatic heterocycles. The van der Waals surface area contributed by atoms with Crippen LogP contribution in [0.3, 0.4) is 0 Å². The standard InChI is InChI=1S/C13H15N3O3S/c1-19-10-4-2-9(3-5-10)16-13-7-6-11(8-12(13)14)20(15,17)18/h2-8,16H,14H2,1H3,(H2,15,17,18). The van der Waals surface area contributed by atoms with Gasteiger partial charge < -0.3 is 15.8 Å². The maximum atomic E-state index is 11.2. The summed E-state index contributed by atoms with van der Waals surface area (Å²) in [6.07, 6.45) is 0. The molecule has 2 rings (SSSR count). The molecule has 0 aliphatic carbocycles. The molecule has 20 heavy (non-hydrogen) atoms. The lowest BCUT2D eigenvalue weighted by Gasteiger charge is -2.11. The molecule has 2 aromatic carbocycles. The molecule has 0 amide bonds. The fraction of sp³-hybridized carbons (Fsp3) is 0.0769. The second-order valence-electron chi connectivity index (χ2n) is 4.15. The molecule has 0 fully saturated rings. The molecule has 7 heteroatoms. The highest BCUT2D eigenvalue weighted by Gasteiger charge is 2.10. The van der Waals surface area contributed by atoms with Gasteiger partial charge in [0, 0.05) is 5.69 Å². The number of nitrogens with one attached hydrogen (secondary N) is 1. The Balaban J connectivity index is 2.25. The molecule has 0 aliphatic heterocycles. The summed E-state index contributed by atoms with van der Waals surface area (Å²) in [7, 11) is -2.16. The van der Waals surface area contributed by atoms with Gasteiger partial charge in [0.1, 0.15) is 5.75 Å². The summed E-state index contributed by atoms with van der Waals surface area (Å²) in [4.78, 5) is -0.0183. The van der Waals surface area contributed by atoms with Gasteiger partial charge in [-0.2, -0.15) is 0 Å². The van der Waals surface area contributed by atoms with Gasteiger partial charge in [-0.05, 0) is 42.5 Å². The van der Waals surface area contributed by atoms with Gasteiger partial charge in [-0.25, -0.2) is 13.6 Å². The quantitative estimate of drug-likeness (QED) is 0.743. The van der Waals surface area contributed by atoms with Crippen molar-refractivity contribution >= 4 is 27.1 Å². The van der Waals surface area contributed by atoms with E-state index in [-0.39, 0.29) is 4.90 Å². The highest BCUT2D eigenvalue weighted by Crippen LogP contribution is 2.26. The van der Waals surface area contributed by atoms with Gasteiger partial charge >= 0.3 is 0 Å². The molecule has 2 aromatic rings. The average molecular weight is 293 g/mol. The highest BCUT2D eigenvalue weighted by atomic mass is 32.2. The zero-order valence-corrected chi connectivity index (χ0v) is 11.6. The molecule has 0 spiro atoms. The Labute approximate surface area is 117 Å². The lowest BCUT2D eigenvalue weighted by molar-refractivity contribution is 0.415. The number of nitrogens with two attached hydrogens (primary N) is 2. The first-order chi connectivity index (χ1) is 9.40. The number of sulfonamides is 1. The van der Waals surface area contributed by atoms with E-state index < -0.39 is 10.0 Å². The van der Waals surface area contributed by atoms with Gasteiger partial charge in [0.15, 0.2) is 0 Å². The van der Waals surface area contributed by atoms with Crippen LogP contribution >= 0.6 is 0 Å². The molecule has 0 radical (unpaired) electrons. The van der Waals surface area contributed by atoms with Crippen LogP contribution in [0.5, 0.6) is 5.75 Å². The predicted octanol–water partition coefficient (Wildman–Crippen LogP) is 1.67. The van der Waals surface area contributed by atoms with Crippen LogP contribution < -0.4 is 20.9 Å². The summed E-state index contributed by atoms with van der Waals surface area (Å²) < 4.78 is 27.5. The molecule has 5 N–H and O–H groups in total. The van der Waals surface area contributed by atoms with Crippen molar-refractivity contribution in [3.63, 3.8) is 0 Å². The van der Waals surface area contributed by atoms with Crippen molar-refractivity contribution in [2.45, 2.75) is 4.90 Å². The number of benzene rings is 2. The second kappa shape index (κ2) is 5.40. The van der Waals surface area contributed by atoms with Gasteiger partial charge in [-0.1, -0.05) is 0 Å². The Morgan fingerprint density at radius 2 is 1.75 bits per heavy atom. The molecule has 106 valence electrons. The molecule has 0 aliphatic rings. The van der Waals surface area contributed by atoms with Crippen LogP contribution in [0.1, 0.15) is 0 Å². The maximum absolute atomic E-state index is 11.2. The number of primary sulfonamides is 1. The number of anilines is 3. The van der Waals surface area contributed by atoms with Crippen LogP contribution in [0, 0.1) is 0 Å². The van der Waals surface area contributed by atoms with Crippen LogP contribution in [0.15, 0.2) is 47.4 Å². The number of methoxy groups -OCH3 is 1. The first kappa shape index (κ1) is 14.2. The zero-order chi connectivity index (χ0) is 14.8. The number of ether oxygens (including phenoxy) is 1. The minimum atomic E-state index is -3.75. The SMILES string of the molecule is COc1ccc(Nc2ccc(S(N)(=O)=O)cc2N)cc1. The van der Waals surface area contributed by atoms with Gasteiger partial charge in [0.05, 0.1) is 23.4 Å². The van der Waals surface area contributed by atoms with Crippen molar-refractivity contribution < 1.29 is 13.2 Å². The number of hydrogen-bond acceptors (Lipinski definition) is 5. The molecule has 0 bridgehead atoms. The number of nitrogen functional groups attached to an aromatic ring is 1. The fourth-order valence-electron chi connectivity index (χ4n) is 1.66. The highest BCUT2D eigenvalue weighted by molar-refractivity contribution is 7.89. The lowest BCUT2D eigenvalue weighted by Crippen LogP contribution is -2.12. The van der Waals surface area contributed by atoms with E-state index in [1.807, 2.05) is 12.1 Å². The Hall–Kier alpha value is -2.25. The first-order valence-corrected chi connectivity index (χ1v) is 7.28. The Bertz CT molecular complexity index is 712. The molecular formula is C13H15N3O3S. The number of hydrogen-bond donors (Lipinski definition) is 3. The zero-order valence-electron chi connectivity index (χ0n) is 10.8. The van der Waals surface area contributed by atoms with Crippen molar-refractivity contribution in [2.75, 3.05) is 18.2 Å². The summed E-state index contributed by atoms with van der Waals surface area (Å²) in [6, 6.07) is 11.5. The lowest BCUT2D eigenvalue weighted by atomic mass is 10.2. The van der Waals surface area contributed by atoms with E-state index in [1.54, 1.807) is 25.3 Å². The van der Waals surface area contributed by atoms with Crippen molar-refractivity contribution in [1.82, 2.24) is 0 Å². The molecule has 6 nitrogen and oxygen atoms in total. The summed E-state index contributed by atoms with van der Waals surface area (Å²) >= 11 is 0. The fourth-order valence-corrected chi connectivity index (χ4v) is 2.21. The molecule has 0 saturated carbocycles.